The second kappa shape index (κ2) is 7.42. The molecule has 2 aromatic carbocycles. The second-order valence-electron chi connectivity index (χ2n) is 4.34. The van der Waals surface area contributed by atoms with Gasteiger partial charge in [-0.3, -0.25) is 4.79 Å². The number of halogens is 4. The highest BCUT2D eigenvalue weighted by Crippen LogP contribution is 2.26. The van der Waals surface area contributed by atoms with Crippen molar-refractivity contribution in [3.05, 3.63) is 58.1 Å². The number of carbonyl (C=O) groups is 1. The molecule has 0 saturated carbocycles. The second-order valence-corrected chi connectivity index (χ2v) is 5.18. The number of ether oxygens (including phenoxy) is 1. The van der Waals surface area contributed by atoms with Gasteiger partial charge in [-0.15, -0.1) is 0 Å². The molecule has 0 aliphatic carbocycles. The van der Waals surface area contributed by atoms with Crippen molar-refractivity contribution >= 4 is 34.8 Å². The van der Waals surface area contributed by atoms with Gasteiger partial charge in [0.25, 0.3) is 0 Å². The lowest BCUT2D eigenvalue weighted by Crippen LogP contribution is -2.16. The van der Waals surface area contributed by atoms with Gasteiger partial charge in [-0.2, -0.15) is 8.78 Å². The van der Waals surface area contributed by atoms with Crippen molar-refractivity contribution in [2.75, 3.05) is 5.32 Å². The van der Waals surface area contributed by atoms with Crippen molar-refractivity contribution in [1.82, 2.24) is 0 Å². The third kappa shape index (κ3) is 4.58. The van der Waals surface area contributed by atoms with Crippen LogP contribution in [0.2, 0.25) is 10.0 Å². The molecule has 0 atom stereocenters. The van der Waals surface area contributed by atoms with Crippen LogP contribution in [0.15, 0.2) is 42.5 Å². The Morgan fingerprint density at radius 3 is 2.59 bits per heavy atom. The fourth-order valence-electron chi connectivity index (χ4n) is 1.80. The Balaban J connectivity index is 2.09. The zero-order valence-corrected chi connectivity index (χ0v) is 12.7. The van der Waals surface area contributed by atoms with E-state index in [-0.39, 0.29) is 17.9 Å². The summed E-state index contributed by atoms with van der Waals surface area (Å²) in [6.07, 6.45) is -0.0149. The first-order valence-electron chi connectivity index (χ1n) is 6.23. The first kappa shape index (κ1) is 16.5. The summed E-state index contributed by atoms with van der Waals surface area (Å²) in [6.45, 7) is -2.97. The molecule has 0 bridgehead atoms. The fraction of sp³-hybridized carbons (Fsp3) is 0.133. The highest BCUT2D eigenvalue weighted by molar-refractivity contribution is 6.35. The lowest BCUT2D eigenvalue weighted by Gasteiger charge is -2.12. The molecule has 2 rings (SSSR count). The smallest absolute Gasteiger partial charge is 0.387 e. The minimum atomic E-state index is -2.97. The summed E-state index contributed by atoms with van der Waals surface area (Å²) in [5, 5.41) is 3.34. The van der Waals surface area contributed by atoms with Gasteiger partial charge in [-0.05, 0) is 29.8 Å². The van der Waals surface area contributed by atoms with E-state index in [9.17, 15) is 13.6 Å². The SMILES string of the molecule is O=C(Cc1ccc(Cl)cc1Cl)Nc1ccccc1OC(F)F. The van der Waals surface area contributed by atoms with E-state index in [2.05, 4.69) is 10.1 Å². The summed E-state index contributed by atoms with van der Waals surface area (Å²) >= 11 is 11.8. The lowest BCUT2D eigenvalue weighted by atomic mass is 10.1. The summed E-state index contributed by atoms with van der Waals surface area (Å²) in [7, 11) is 0. The predicted molar refractivity (Wildman–Crippen MR) is 81.9 cm³/mol. The number of hydrogen-bond donors (Lipinski definition) is 1. The molecule has 116 valence electrons. The van der Waals surface area contributed by atoms with Crippen LogP contribution in [-0.4, -0.2) is 12.5 Å². The Morgan fingerprint density at radius 2 is 1.91 bits per heavy atom. The lowest BCUT2D eigenvalue weighted by molar-refractivity contribution is -0.115. The van der Waals surface area contributed by atoms with Crippen LogP contribution in [0.25, 0.3) is 0 Å². The number of benzene rings is 2. The van der Waals surface area contributed by atoms with Crippen LogP contribution in [0.3, 0.4) is 0 Å². The molecule has 0 fully saturated rings. The van der Waals surface area contributed by atoms with Crippen LogP contribution in [0.5, 0.6) is 5.75 Å². The largest absolute Gasteiger partial charge is 0.433 e. The summed E-state index contributed by atoms with van der Waals surface area (Å²) < 4.78 is 29.0. The zero-order valence-electron chi connectivity index (χ0n) is 11.2. The maximum Gasteiger partial charge on any atom is 0.387 e. The molecule has 0 unspecified atom stereocenters. The van der Waals surface area contributed by atoms with Gasteiger partial charge >= 0.3 is 6.61 Å². The van der Waals surface area contributed by atoms with Gasteiger partial charge in [0.15, 0.2) is 0 Å². The first-order valence-corrected chi connectivity index (χ1v) is 6.99. The number of rotatable bonds is 5. The number of para-hydroxylation sites is 2. The van der Waals surface area contributed by atoms with E-state index >= 15 is 0 Å². The fourth-order valence-corrected chi connectivity index (χ4v) is 2.28. The highest BCUT2D eigenvalue weighted by Gasteiger charge is 2.13. The molecule has 0 radical (unpaired) electrons. The van der Waals surface area contributed by atoms with E-state index in [1.54, 1.807) is 18.2 Å². The predicted octanol–water partition coefficient (Wildman–Crippen LogP) is 4.78. The maximum absolute atomic E-state index is 12.3. The number of alkyl halides is 2. The van der Waals surface area contributed by atoms with Gasteiger partial charge in [0, 0.05) is 10.0 Å². The van der Waals surface area contributed by atoms with Crippen molar-refractivity contribution in [1.29, 1.82) is 0 Å². The number of anilines is 1. The molecule has 1 N–H and O–H groups in total. The molecule has 2 aromatic rings. The number of amides is 1. The molecule has 1 amide bonds. The molecule has 0 saturated heterocycles. The van der Waals surface area contributed by atoms with Gasteiger partial charge in [-0.1, -0.05) is 41.4 Å². The van der Waals surface area contributed by atoms with Gasteiger partial charge in [0.2, 0.25) is 5.91 Å². The van der Waals surface area contributed by atoms with Crippen LogP contribution in [0.4, 0.5) is 14.5 Å². The first-order chi connectivity index (χ1) is 10.5. The van der Waals surface area contributed by atoms with Gasteiger partial charge in [-0.25, -0.2) is 0 Å². The molecular weight excluding hydrogens is 335 g/mol. The number of carbonyl (C=O) groups excluding carboxylic acids is 1. The summed E-state index contributed by atoms with van der Waals surface area (Å²) in [6, 6.07) is 10.7. The maximum atomic E-state index is 12.3. The molecule has 22 heavy (non-hydrogen) atoms. The summed E-state index contributed by atoms with van der Waals surface area (Å²) in [5.74, 6) is -0.511. The molecule has 0 heterocycles. The van der Waals surface area contributed by atoms with Gasteiger partial charge in [0.05, 0.1) is 12.1 Å². The van der Waals surface area contributed by atoms with Crippen molar-refractivity contribution in [2.24, 2.45) is 0 Å². The Labute approximate surface area is 135 Å². The zero-order chi connectivity index (χ0) is 16.1. The molecule has 0 aliphatic rings. The van der Waals surface area contributed by atoms with Crippen LogP contribution >= 0.6 is 23.2 Å². The van der Waals surface area contributed by atoms with Crippen LogP contribution in [0, 0.1) is 0 Å². The van der Waals surface area contributed by atoms with Crippen LogP contribution < -0.4 is 10.1 Å². The Bertz CT molecular complexity index is 680. The van der Waals surface area contributed by atoms with E-state index in [1.165, 1.54) is 24.3 Å². The van der Waals surface area contributed by atoms with E-state index in [0.29, 0.717) is 15.6 Å². The van der Waals surface area contributed by atoms with E-state index in [0.717, 1.165) is 0 Å². The monoisotopic (exact) mass is 345 g/mol. The highest BCUT2D eigenvalue weighted by atomic mass is 35.5. The Hall–Kier alpha value is -1.85. The summed E-state index contributed by atoms with van der Waals surface area (Å²) in [4.78, 5) is 12.0. The third-order valence-electron chi connectivity index (χ3n) is 2.74. The van der Waals surface area contributed by atoms with Crippen molar-refractivity contribution in [3.8, 4) is 5.75 Å². The quantitative estimate of drug-likeness (QED) is 0.847. The van der Waals surface area contributed by atoms with Gasteiger partial charge < -0.3 is 10.1 Å². The van der Waals surface area contributed by atoms with Crippen LogP contribution in [0.1, 0.15) is 5.56 Å². The average Bonchev–Trinajstić information content (AvgIpc) is 2.43. The van der Waals surface area contributed by atoms with Crippen molar-refractivity contribution in [2.45, 2.75) is 13.0 Å². The topological polar surface area (TPSA) is 38.3 Å². The normalized spacial score (nSPS) is 10.6. The number of nitrogens with one attached hydrogen (secondary N) is 1. The Kier molecular flexibility index (Phi) is 5.57. The molecule has 3 nitrogen and oxygen atoms in total. The number of hydrogen-bond acceptors (Lipinski definition) is 2. The average molecular weight is 346 g/mol. The molecular formula is C15H11Cl2F2NO2. The van der Waals surface area contributed by atoms with Crippen molar-refractivity contribution < 1.29 is 18.3 Å². The molecule has 7 heteroatoms. The minimum Gasteiger partial charge on any atom is -0.433 e. The minimum absolute atomic E-state index is 0.0149. The van der Waals surface area contributed by atoms with Gasteiger partial charge in [0.1, 0.15) is 5.75 Å². The molecule has 0 aliphatic heterocycles. The summed E-state index contributed by atoms with van der Waals surface area (Å²) in [5.41, 5.74) is 0.744. The third-order valence-corrected chi connectivity index (χ3v) is 3.33. The van der Waals surface area contributed by atoms with Crippen LogP contribution in [-0.2, 0) is 11.2 Å². The van der Waals surface area contributed by atoms with E-state index in [1.807, 2.05) is 0 Å². The van der Waals surface area contributed by atoms with Crippen molar-refractivity contribution in [3.63, 3.8) is 0 Å². The Morgan fingerprint density at radius 1 is 1.18 bits per heavy atom. The van der Waals surface area contributed by atoms with E-state index in [4.69, 9.17) is 23.2 Å². The van der Waals surface area contributed by atoms with E-state index < -0.39 is 12.5 Å². The molecule has 0 aromatic heterocycles. The standard InChI is InChI=1S/C15H11Cl2F2NO2/c16-10-6-5-9(11(17)8-10)7-14(21)20-12-3-1-2-4-13(12)22-15(18)19/h1-6,8,15H,7H2,(H,20,21). The molecule has 0 spiro atoms.